The highest BCUT2D eigenvalue weighted by Crippen LogP contribution is 2.22. The van der Waals surface area contributed by atoms with Gasteiger partial charge in [-0.25, -0.2) is 4.98 Å². The lowest BCUT2D eigenvalue weighted by Gasteiger charge is -2.21. The Morgan fingerprint density at radius 1 is 1.43 bits per heavy atom. The van der Waals surface area contributed by atoms with Crippen molar-refractivity contribution in [3.05, 3.63) is 29.9 Å². The minimum atomic E-state index is -0.106. The van der Waals surface area contributed by atoms with Gasteiger partial charge in [-0.1, -0.05) is 13.8 Å². The minimum absolute atomic E-state index is 0.0887. The summed E-state index contributed by atoms with van der Waals surface area (Å²) < 4.78 is 10.8. The van der Waals surface area contributed by atoms with Crippen molar-refractivity contribution in [2.75, 3.05) is 13.2 Å². The van der Waals surface area contributed by atoms with E-state index in [1.165, 1.54) is 0 Å². The molecule has 6 heteroatoms. The molecule has 0 bridgehead atoms. The molecule has 2 N–H and O–H groups in total. The molecule has 0 saturated carbocycles. The lowest BCUT2D eigenvalue weighted by atomic mass is 9.89. The molecule has 0 radical (unpaired) electrons. The van der Waals surface area contributed by atoms with Crippen LogP contribution in [0.15, 0.2) is 27.2 Å². The third-order valence-electron chi connectivity index (χ3n) is 3.73. The molecule has 2 aromatic rings. The van der Waals surface area contributed by atoms with Gasteiger partial charge in [0.05, 0.1) is 18.4 Å². The number of nitrogens with zero attached hydrogens (tertiary/aromatic N) is 1. The molecule has 2 rings (SSSR count). The summed E-state index contributed by atoms with van der Waals surface area (Å²) in [6, 6.07) is 3.52. The Kier molecular flexibility index (Phi) is 5.60. The highest BCUT2D eigenvalue weighted by molar-refractivity contribution is 5.78. The SMILES string of the molecule is Cc1oc(-c2ccco2)nc1CC(=O)NCCCC(C)(C)CO. The van der Waals surface area contributed by atoms with Gasteiger partial charge in [0, 0.05) is 13.2 Å². The number of furan rings is 1. The summed E-state index contributed by atoms with van der Waals surface area (Å²) in [4.78, 5) is 16.3. The number of amides is 1. The molecule has 6 nitrogen and oxygen atoms in total. The molecule has 0 aromatic carbocycles. The third kappa shape index (κ3) is 4.96. The van der Waals surface area contributed by atoms with Gasteiger partial charge in [0.15, 0.2) is 5.76 Å². The van der Waals surface area contributed by atoms with Crippen LogP contribution in [-0.4, -0.2) is 29.1 Å². The number of hydrogen-bond acceptors (Lipinski definition) is 5. The number of carbonyl (C=O) groups excluding carboxylic acids is 1. The van der Waals surface area contributed by atoms with E-state index in [9.17, 15) is 9.90 Å². The van der Waals surface area contributed by atoms with Gasteiger partial charge in [-0.2, -0.15) is 0 Å². The topological polar surface area (TPSA) is 88.5 Å². The number of aliphatic hydroxyl groups is 1. The Morgan fingerprint density at radius 3 is 2.87 bits per heavy atom. The van der Waals surface area contributed by atoms with Gasteiger partial charge >= 0.3 is 0 Å². The molecule has 1 amide bonds. The largest absolute Gasteiger partial charge is 0.459 e. The van der Waals surface area contributed by atoms with Crippen LogP contribution in [0.3, 0.4) is 0 Å². The number of aromatic nitrogens is 1. The van der Waals surface area contributed by atoms with E-state index in [-0.39, 0.29) is 24.3 Å². The van der Waals surface area contributed by atoms with E-state index < -0.39 is 0 Å². The zero-order chi connectivity index (χ0) is 16.9. The number of aryl methyl sites for hydroxylation is 1. The van der Waals surface area contributed by atoms with Crippen LogP contribution in [0.4, 0.5) is 0 Å². The van der Waals surface area contributed by atoms with Gasteiger partial charge in [-0.3, -0.25) is 4.79 Å². The van der Waals surface area contributed by atoms with E-state index in [1.807, 2.05) is 13.8 Å². The second-order valence-corrected chi connectivity index (χ2v) is 6.45. The van der Waals surface area contributed by atoms with Crippen LogP contribution in [0.1, 0.15) is 38.1 Å². The first-order valence-corrected chi connectivity index (χ1v) is 7.79. The molecule has 0 aliphatic rings. The number of aliphatic hydroxyl groups excluding tert-OH is 1. The maximum Gasteiger partial charge on any atom is 0.263 e. The molecule has 0 atom stereocenters. The zero-order valence-electron chi connectivity index (χ0n) is 13.9. The monoisotopic (exact) mass is 320 g/mol. The van der Waals surface area contributed by atoms with E-state index in [0.29, 0.717) is 29.6 Å². The van der Waals surface area contributed by atoms with Gasteiger partial charge in [0.2, 0.25) is 5.91 Å². The summed E-state index contributed by atoms with van der Waals surface area (Å²) in [5.41, 5.74) is 0.510. The van der Waals surface area contributed by atoms with Crippen LogP contribution in [0.25, 0.3) is 11.7 Å². The molecule has 126 valence electrons. The van der Waals surface area contributed by atoms with Gasteiger partial charge in [0.1, 0.15) is 5.76 Å². The van der Waals surface area contributed by atoms with Gasteiger partial charge < -0.3 is 19.3 Å². The number of carbonyl (C=O) groups is 1. The van der Waals surface area contributed by atoms with E-state index >= 15 is 0 Å². The summed E-state index contributed by atoms with van der Waals surface area (Å²) in [6.45, 7) is 6.53. The Bertz CT molecular complexity index is 629. The van der Waals surface area contributed by atoms with Crippen LogP contribution in [0.5, 0.6) is 0 Å². The average Bonchev–Trinajstić information content (AvgIpc) is 3.14. The first-order valence-electron chi connectivity index (χ1n) is 7.79. The van der Waals surface area contributed by atoms with Gasteiger partial charge in [-0.05, 0) is 37.3 Å². The summed E-state index contributed by atoms with van der Waals surface area (Å²) >= 11 is 0. The summed E-state index contributed by atoms with van der Waals surface area (Å²) in [7, 11) is 0. The van der Waals surface area contributed by atoms with Gasteiger partial charge in [0.25, 0.3) is 5.89 Å². The van der Waals surface area contributed by atoms with Crippen LogP contribution >= 0.6 is 0 Å². The molecule has 0 aliphatic heterocycles. The van der Waals surface area contributed by atoms with E-state index in [1.54, 1.807) is 25.3 Å². The second-order valence-electron chi connectivity index (χ2n) is 6.45. The molecule has 23 heavy (non-hydrogen) atoms. The number of oxazole rings is 1. The van der Waals surface area contributed by atoms with Crippen molar-refractivity contribution in [1.29, 1.82) is 0 Å². The van der Waals surface area contributed by atoms with Gasteiger partial charge in [-0.15, -0.1) is 0 Å². The van der Waals surface area contributed by atoms with Crippen molar-refractivity contribution in [1.82, 2.24) is 10.3 Å². The van der Waals surface area contributed by atoms with Crippen molar-refractivity contribution in [3.8, 4) is 11.7 Å². The van der Waals surface area contributed by atoms with Crippen molar-refractivity contribution in [3.63, 3.8) is 0 Å². The van der Waals surface area contributed by atoms with Crippen molar-refractivity contribution < 1.29 is 18.7 Å². The molecule has 2 aromatic heterocycles. The van der Waals surface area contributed by atoms with Crippen molar-refractivity contribution >= 4 is 5.91 Å². The van der Waals surface area contributed by atoms with Crippen LogP contribution in [-0.2, 0) is 11.2 Å². The summed E-state index contributed by atoms with van der Waals surface area (Å²) in [5.74, 6) is 1.47. The lowest BCUT2D eigenvalue weighted by molar-refractivity contribution is -0.120. The van der Waals surface area contributed by atoms with Crippen LogP contribution in [0, 0.1) is 12.3 Å². The van der Waals surface area contributed by atoms with Crippen LogP contribution < -0.4 is 5.32 Å². The predicted molar refractivity (Wildman–Crippen MR) is 85.8 cm³/mol. The fourth-order valence-corrected chi connectivity index (χ4v) is 2.19. The summed E-state index contributed by atoms with van der Waals surface area (Å²) in [6.07, 6.45) is 3.42. The summed E-state index contributed by atoms with van der Waals surface area (Å²) in [5, 5.41) is 12.1. The van der Waals surface area contributed by atoms with Crippen LogP contribution in [0.2, 0.25) is 0 Å². The Morgan fingerprint density at radius 2 is 2.22 bits per heavy atom. The minimum Gasteiger partial charge on any atom is -0.459 e. The lowest BCUT2D eigenvalue weighted by Crippen LogP contribution is -2.28. The van der Waals surface area contributed by atoms with E-state index in [2.05, 4.69) is 10.3 Å². The maximum absolute atomic E-state index is 12.0. The molecule has 0 aliphatic carbocycles. The molecule has 0 unspecified atom stereocenters. The Labute approximate surface area is 135 Å². The average molecular weight is 320 g/mol. The van der Waals surface area contributed by atoms with Crippen molar-refractivity contribution in [2.45, 2.75) is 40.0 Å². The standard InChI is InChI=1S/C17H24N2O4/c1-12-13(19-16(23-12)14-6-4-9-22-14)10-15(21)18-8-5-7-17(2,3)11-20/h4,6,9,20H,5,7-8,10-11H2,1-3H3,(H,18,21). The second kappa shape index (κ2) is 7.46. The first-order chi connectivity index (χ1) is 10.9. The first kappa shape index (κ1) is 17.3. The number of rotatable bonds is 8. The molecule has 2 heterocycles. The molecular formula is C17H24N2O4. The number of nitrogens with one attached hydrogen (secondary N) is 1. The Hall–Kier alpha value is -2.08. The molecule has 0 fully saturated rings. The predicted octanol–water partition coefficient (Wildman–Crippen LogP) is 2.70. The maximum atomic E-state index is 12.0. The smallest absolute Gasteiger partial charge is 0.263 e. The van der Waals surface area contributed by atoms with E-state index in [0.717, 1.165) is 12.8 Å². The third-order valence-corrected chi connectivity index (χ3v) is 3.73. The van der Waals surface area contributed by atoms with E-state index in [4.69, 9.17) is 8.83 Å². The highest BCUT2D eigenvalue weighted by Gasteiger charge is 2.17. The molecular weight excluding hydrogens is 296 g/mol. The normalized spacial score (nSPS) is 11.7. The quantitative estimate of drug-likeness (QED) is 0.730. The highest BCUT2D eigenvalue weighted by atomic mass is 16.4. The number of hydrogen-bond donors (Lipinski definition) is 2. The fraction of sp³-hybridized carbons (Fsp3) is 0.529. The zero-order valence-corrected chi connectivity index (χ0v) is 13.9. The Balaban J connectivity index is 1.82. The fourth-order valence-electron chi connectivity index (χ4n) is 2.19. The molecule has 0 saturated heterocycles. The van der Waals surface area contributed by atoms with Crippen molar-refractivity contribution in [2.24, 2.45) is 5.41 Å². The molecule has 0 spiro atoms.